The number of aryl methyl sites for hydroxylation is 3. The van der Waals surface area contributed by atoms with Crippen molar-refractivity contribution in [1.82, 2.24) is 15.3 Å². The number of nitrogens with one attached hydrogen (secondary N) is 1. The summed E-state index contributed by atoms with van der Waals surface area (Å²) in [6.07, 6.45) is 7.83. The smallest absolute Gasteiger partial charge is 0.231 e. The topological polar surface area (TPSA) is 71.3 Å². The van der Waals surface area contributed by atoms with Gasteiger partial charge in [-0.1, -0.05) is 19.3 Å². The van der Waals surface area contributed by atoms with Crippen molar-refractivity contribution < 1.29 is 9.21 Å². The number of aromatic nitrogens is 2. The van der Waals surface area contributed by atoms with Crippen molar-refractivity contribution in [1.29, 1.82) is 0 Å². The van der Waals surface area contributed by atoms with Crippen molar-refractivity contribution in [2.45, 2.75) is 71.8 Å². The first-order valence-corrected chi connectivity index (χ1v) is 10.3. The van der Waals surface area contributed by atoms with Gasteiger partial charge in [-0.3, -0.25) is 4.79 Å². The number of furan rings is 1. The Kier molecular flexibility index (Phi) is 5.06. The average Bonchev–Trinajstić information content (AvgIpc) is 2.95. The van der Waals surface area contributed by atoms with Crippen LogP contribution in [0.3, 0.4) is 0 Å². The van der Waals surface area contributed by atoms with Crippen LogP contribution in [0, 0.1) is 26.7 Å². The van der Waals surface area contributed by atoms with Gasteiger partial charge in [-0.05, 0) is 46.5 Å². The number of amides is 1. The molecule has 4 rings (SSSR count). The van der Waals surface area contributed by atoms with Crippen LogP contribution in [-0.4, -0.2) is 35.0 Å². The van der Waals surface area contributed by atoms with Gasteiger partial charge in [0.05, 0.1) is 5.39 Å². The Morgan fingerprint density at radius 1 is 1.04 bits per heavy atom. The standard InChI is InChI=1S/C21H30N4O2/c1-13-14(2)27-21-18(13)19(22-15(3)23-21)25-11-9-16(10-12-25)20(26)24-17-7-5-4-6-8-17/h16-17H,4-12H2,1-3H3,(H,24,26). The number of hydrogen-bond donors (Lipinski definition) is 1. The lowest BCUT2D eigenvalue weighted by atomic mass is 9.92. The van der Waals surface area contributed by atoms with Crippen LogP contribution in [0.15, 0.2) is 4.42 Å². The highest BCUT2D eigenvalue weighted by molar-refractivity contribution is 5.90. The number of piperidine rings is 1. The molecule has 6 heteroatoms. The Morgan fingerprint density at radius 2 is 1.74 bits per heavy atom. The Bertz CT molecular complexity index is 830. The molecule has 0 aromatic carbocycles. The lowest BCUT2D eigenvalue weighted by Gasteiger charge is -2.33. The van der Waals surface area contributed by atoms with Crippen LogP contribution in [0.4, 0.5) is 5.82 Å². The first kappa shape index (κ1) is 18.3. The fraction of sp³-hybridized carbons (Fsp3) is 0.667. The highest BCUT2D eigenvalue weighted by Crippen LogP contribution is 2.33. The maximum atomic E-state index is 12.7. The van der Waals surface area contributed by atoms with Crippen molar-refractivity contribution in [3.8, 4) is 0 Å². The Labute approximate surface area is 160 Å². The molecular weight excluding hydrogens is 340 g/mol. The van der Waals surface area contributed by atoms with E-state index in [9.17, 15) is 4.79 Å². The molecule has 1 saturated carbocycles. The zero-order valence-corrected chi connectivity index (χ0v) is 16.7. The van der Waals surface area contributed by atoms with Crippen LogP contribution in [0.5, 0.6) is 0 Å². The Hall–Kier alpha value is -2.11. The van der Waals surface area contributed by atoms with E-state index in [1.165, 1.54) is 19.3 Å². The van der Waals surface area contributed by atoms with Gasteiger partial charge in [0.1, 0.15) is 17.4 Å². The number of carbonyl (C=O) groups excluding carboxylic acids is 1. The second kappa shape index (κ2) is 7.49. The van der Waals surface area contributed by atoms with Gasteiger partial charge in [-0.2, -0.15) is 4.98 Å². The summed E-state index contributed by atoms with van der Waals surface area (Å²) in [5, 5.41) is 4.31. The maximum Gasteiger partial charge on any atom is 0.231 e. The molecule has 3 heterocycles. The molecule has 1 aliphatic heterocycles. The average molecular weight is 370 g/mol. The Morgan fingerprint density at radius 3 is 2.44 bits per heavy atom. The largest absolute Gasteiger partial charge is 0.443 e. The first-order chi connectivity index (χ1) is 13.0. The number of anilines is 1. The molecule has 0 atom stereocenters. The summed E-state index contributed by atoms with van der Waals surface area (Å²) in [5.74, 6) is 2.95. The SMILES string of the molecule is Cc1nc(N2CCC(C(=O)NC3CCCCC3)CC2)c2c(C)c(C)oc2n1. The van der Waals surface area contributed by atoms with Crippen LogP contribution in [0.1, 0.15) is 62.1 Å². The Balaban J connectivity index is 1.45. The fourth-order valence-electron chi connectivity index (χ4n) is 4.48. The molecule has 2 fully saturated rings. The summed E-state index contributed by atoms with van der Waals surface area (Å²) in [5.41, 5.74) is 1.78. The monoisotopic (exact) mass is 370 g/mol. The van der Waals surface area contributed by atoms with Crippen LogP contribution < -0.4 is 10.2 Å². The molecule has 146 valence electrons. The highest BCUT2D eigenvalue weighted by Gasteiger charge is 2.29. The van der Waals surface area contributed by atoms with Crippen molar-refractivity contribution in [3.05, 3.63) is 17.1 Å². The highest BCUT2D eigenvalue weighted by atomic mass is 16.3. The van der Waals surface area contributed by atoms with Crippen molar-refractivity contribution >= 4 is 22.8 Å². The summed E-state index contributed by atoms with van der Waals surface area (Å²) in [6.45, 7) is 7.63. The molecule has 27 heavy (non-hydrogen) atoms. The molecule has 1 N–H and O–H groups in total. The van der Waals surface area contributed by atoms with E-state index in [0.29, 0.717) is 11.8 Å². The van der Waals surface area contributed by atoms with Gasteiger partial charge in [0.25, 0.3) is 0 Å². The van der Waals surface area contributed by atoms with Gasteiger partial charge in [0, 0.05) is 30.6 Å². The molecule has 0 bridgehead atoms. The van der Waals surface area contributed by atoms with Crippen LogP contribution >= 0.6 is 0 Å². The van der Waals surface area contributed by atoms with E-state index < -0.39 is 0 Å². The van der Waals surface area contributed by atoms with Crippen molar-refractivity contribution in [3.63, 3.8) is 0 Å². The van der Waals surface area contributed by atoms with Crippen LogP contribution in [-0.2, 0) is 4.79 Å². The zero-order chi connectivity index (χ0) is 19.0. The number of carbonyl (C=O) groups is 1. The second-order valence-corrected chi connectivity index (χ2v) is 8.16. The number of hydrogen-bond acceptors (Lipinski definition) is 5. The maximum absolute atomic E-state index is 12.7. The van der Waals surface area contributed by atoms with E-state index in [0.717, 1.165) is 67.1 Å². The van der Waals surface area contributed by atoms with E-state index in [2.05, 4.69) is 22.1 Å². The molecule has 0 unspecified atom stereocenters. The molecule has 0 radical (unpaired) electrons. The molecule has 1 saturated heterocycles. The molecule has 0 spiro atoms. The fourth-order valence-corrected chi connectivity index (χ4v) is 4.48. The zero-order valence-electron chi connectivity index (χ0n) is 16.7. The molecule has 2 aromatic heterocycles. The summed E-state index contributed by atoms with van der Waals surface area (Å²) >= 11 is 0. The molecule has 1 aliphatic carbocycles. The molecule has 2 aromatic rings. The molecule has 1 amide bonds. The third-order valence-electron chi connectivity index (χ3n) is 6.24. The lowest BCUT2D eigenvalue weighted by molar-refractivity contribution is -0.126. The van der Waals surface area contributed by atoms with E-state index in [4.69, 9.17) is 9.40 Å². The third-order valence-corrected chi connectivity index (χ3v) is 6.24. The third kappa shape index (κ3) is 3.66. The van der Waals surface area contributed by atoms with Crippen molar-refractivity contribution in [2.75, 3.05) is 18.0 Å². The quantitative estimate of drug-likeness (QED) is 0.889. The van der Waals surface area contributed by atoms with E-state index >= 15 is 0 Å². The summed E-state index contributed by atoms with van der Waals surface area (Å²) in [4.78, 5) is 24.1. The predicted octanol–water partition coefficient (Wildman–Crippen LogP) is 3.81. The first-order valence-electron chi connectivity index (χ1n) is 10.3. The molecule has 2 aliphatic rings. The summed E-state index contributed by atoms with van der Waals surface area (Å²) < 4.78 is 5.81. The van der Waals surface area contributed by atoms with Crippen molar-refractivity contribution in [2.24, 2.45) is 5.92 Å². The minimum absolute atomic E-state index is 0.119. The van der Waals surface area contributed by atoms with Crippen LogP contribution in [0.2, 0.25) is 0 Å². The summed E-state index contributed by atoms with van der Waals surface area (Å²) in [7, 11) is 0. The summed E-state index contributed by atoms with van der Waals surface area (Å²) in [6, 6.07) is 0.393. The van der Waals surface area contributed by atoms with Gasteiger partial charge < -0.3 is 14.6 Å². The number of rotatable bonds is 3. The minimum Gasteiger partial charge on any atom is -0.443 e. The van der Waals surface area contributed by atoms with Gasteiger partial charge in [-0.15, -0.1) is 0 Å². The normalized spacial score (nSPS) is 19.6. The van der Waals surface area contributed by atoms with Crippen LogP contribution in [0.25, 0.3) is 11.1 Å². The van der Waals surface area contributed by atoms with E-state index in [-0.39, 0.29) is 11.8 Å². The number of nitrogens with zero attached hydrogens (tertiary/aromatic N) is 3. The lowest BCUT2D eigenvalue weighted by Crippen LogP contribution is -2.44. The van der Waals surface area contributed by atoms with Gasteiger partial charge in [-0.25, -0.2) is 4.98 Å². The predicted molar refractivity (Wildman–Crippen MR) is 106 cm³/mol. The van der Waals surface area contributed by atoms with E-state index in [1.54, 1.807) is 0 Å². The second-order valence-electron chi connectivity index (χ2n) is 8.16. The number of fused-ring (bicyclic) bond motifs is 1. The molecule has 6 nitrogen and oxygen atoms in total. The van der Waals surface area contributed by atoms with Gasteiger partial charge >= 0.3 is 0 Å². The minimum atomic E-state index is 0.119. The van der Waals surface area contributed by atoms with Gasteiger partial charge in [0.15, 0.2) is 0 Å². The van der Waals surface area contributed by atoms with Gasteiger partial charge in [0.2, 0.25) is 11.6 Å². The van der Waals surface area contributed by atoms with E-state index in [1.807, 2.05) is 13.8 Å². The molecular formula is C21H30N4O2.